The average molecular weight is 455 g/mol. The fourth-order valence-corrected chi connectivity index (χ4v) is 3.64. The molecule has 3 aromatic rings. The van der Waals surface area contributed by atoms with Crippen LogP contribution in [0.5, 0.6) is 5.75 Å². The maximum atomic E-state index is 13.2. The molecule has 6 nitrogen and oxygen atoms in total. The smallest absolute Gasteiger partial charge is 0.234 e. The Labute approximate surface area is 181 Å². The van der Waals surface area contributed by atoms with Crippen molar-refractivity contribution in [2.24, 2.45) is 0 Å². The van der Waals surface area contributed by atoms with E-state index in [9.17, 15) is 9.18 Å². The zero-order valence-electron chi connectivity index (χ0n) is 15.4. The summed E-state index contributed by atoms with van der Waals surface area (Å²) in [5.41, 5.74) is 0.632. The number of ether oxygens (including phenoxy) is 1. The molecule has 0 atom stereocenters. The van der Waals surface area contributed by atoms with Crippen molar-refractivity contribution in [3.05, 3.63) is 64.2 Å². The van der Waals surface area contributed by atoms with Crippen molar-refractivity contribution < 1.29 is 13.9 Å². The van der Waals surface area contributed by atoms with Crippen LogP contribution in [0.15, 0.2) is 47.6 Å². The molecule has 0 unspecified atom stereocenters. The summed E-state index contributed by atoms with van der Waals surface area (Å²) < 4.78 is 20.7. The molecule has 1 heterocycles. The van der Waals surface area contributed by atoms with Crippen LogP contribution in [0.4, 0.5) is 10.1 Å². The number of carbonyl (C=O) groups is 1. The van der Waals surface area contributed by atoms with Crippen LogP contribution in [0.1, 0.15) is 12.7 Å². The second-order valence-corrected chi connectivity index (χ2v) is 7.64. The quantitative estimate of drug-likeness (QED) is 0.482. The molecule has 0 saturated heterocycles. The zero-order valence-corrected chi connectivity index (χ0v) is 17.7. The van der Waals surface area contributed by atoms with E-state index < -0.39 is 5.82 Å². The Morgan fingerprint density at radius 2 is 2.07 bits per heavy atom. The molecule has 0 bridgehead atoms. The minimum atomic E-state index is -0.509. The number of rotatable bonds is 8. The van der Waals surface area contributed by atoms with Gasteiger partial charge < -0.3 is 14.6 Å². The highest BCUT2D eigenvalue weighted by atomic mass is 35.5. The van der Waals surface area contributed by atoms with Gasteiger partial charge in [0.25, 0.3) is 0 Å². The first-order valence-corrected chi connectivity index (χ1v) is 10.4. The summed E-state index contributed by atoms with van der Waals surface area (Å²) in [4.78, 5) is 12.2. The van der Waals surface area contributed by atoms with Crippen molar-refractivity contribution in [3.63, 3.8) is 0 Å². The maximum Gasteiger partial charge on any atom is 0.234 e. The van der Waals surface area contributed by atoms with E-state index in [1.165, 1.54) is 30.0 Å². The monoisotopic (exact) mass is 454 g/mol. The normalized spacial score (nSPS) is 10.8. The van der Waals surface area contributed by atoms with Crippen molar-refractivity contribution >= 4 is 46.6 Å². The van der Waals surface area contributed by atoms with E-state index in [0.29, 0.717) is 34.0 Å². The molecule has 0 spiro atoms. The first-order chi connectivity index (χ1) is 14.0. The summed E-state index contributed by atoms with van der Waals surface area (Å²) in [5.74, 6) is 0.494. The van der Waals surface area contributed by atoms with Crippen LogP contribution >= 0.6 is 35.0 Å². The van der Waals surface area contributed by atoms with Crippen LogP contribution in [-0.2, 0) is 17.9 Å². The summed E-state index contributed by atoms with van der Waals surface area (Å²) in [7, 11) is 0. The largest absolute Gasteiger partial charge is 0.486 e. The Bertz CT molecular complexity index is 1020. The predicted octanol–water partition coefficient (Wildman–Crippen LogP) is 5.05. The molecular formula is C19H17Cl2FN4O2S. The molecule has 0 aliphatic heterocycles. The zero-order chi connectivity index (χ0) is 20.8. The number of carbonyl (C=O) groups excluding carboxylic acids is 1. The standard InChI is InChI=1S/C19H17Cl2FN4O2S/c1-2-26-17(10-28-14-6-7-16(22)15(21)9-14)24-25-19(26)29-11-18(27)23-13-5-3-4-12(20)8-13/h3-9H,2,10-11H2,1H3,(H,23,27). The maximum absolute atomic E-state index is 13.2. The fraction of sp³-hybridized carbons (Fsp3) is 0.211. The van der Waals surface area contributed by atoms with Gasteiger partial charge in [-0.3, -0.25) is 4.79 Å². The van der Waals surface area contributed by atoms with Crippen LogP contribution in [0.3, 0.4) is 0 Å². The molecular weight excluding hydrogens is 438 g/mol. The number of benzene rings is 2. The SMILES string of the molecule is CCn1c(COc2ccc(F)c(Cl)c2)nnc1SCC(=O)Nc1cccc(Cl)c1. The summed E-state index contributed by atoms with van der Waals surface area (Å²) in [5, 5.41) is 12.2. The third-order valence-corrected chi connectivity index (χ3v) is 5.30. The Morgan fingerprint density at radius 3 is 2.79 bits per heavy atom. The molecule has 152 valence electrons. The lowest BCUT2D eigenvalue weighted by atomic mass is 10.3. The molecule has 10 heteroatoms. The van der Waals surface area contributed by atoms with Crippen LogP contribution in [0.2, 0.25) is 10.0 Å². The predicted molar refractivity (Wildman–Crippen MR) is 112 cm³/mol. The summed E-state index contributed by atoms with van der Waals surface area (Å²) in [6, 6.07) is 11.1. The Hall–Kier alpha value is -2.29. The van der Waals surface area contributed by atoms with Gasteiger partial charge in [0.1, 0.15) is 18.2 Å². The number of hydrogen-bond donors (Lipinski definition) is 1. The van der Waals surface area contributed by atoms with Crippen molar-refractivity contribution in [1.82, 2.24) is 14.8 Å². The number of anilines is 1. The van der Waals surface area contributed by atoms with Gasteiger partial charge in [-0.15, -0.1) is 10.2 Å². The highest BCUT2D eigenvalue weighted by Gasteiger charge is 2.14. The molecule has 3 rings (SSSR count). The number of thioether (sulfide) groups is 1. The van der Waals surface area contributed by atoms with E-state index in [4.69, 9.17) is 27.9 Å². The number of halogens is 3. The first kappa shape index (κ1) is 21.4. The van der Waals surface area contributed by atoms with Crippen molar-refractivity contribution in [2.45, 2.75) is 25.2 Å². The summed E-state index contributed by atoms with van der Waals surface area (Å²) >= 11 is 12.9. The van der Waals surface area contributed by atoms with Gasteiger partial charge in [-0.05, 0) is 37.3 Å². The van der Waals surface area contributed by atoms with Gasteiger partial charge in [-0.2, -0.15) is 0 Å². The minimum Gasteiger partial charge on any atom is -0.486 e. The van der Waals surface area contributed by atoms with E-state index in [-0.39, 0.29) is 23.3 Å². The number of nitrogens with one attached hydrogen (secondary N) is 1. The summed E-state index contributed by atoms with van der Waals surface area (Å²) in [6.45, 7) is 2.68. The second-order valence-electron chi connectivity index (χ2n) is 5.85. The average Bonchev–Trinajstić information content (AvgIpc) is 3.09. The number of hydrogen-bond acceptors (Lipinski definition) is 5. The van der Waals surface area contributed by atoms with Crippen LogP contribution < -0.4 is 10.1 Å². The van der Waals surface area contributed by atoms with E-state index in [1.54, 1.807) is 24.3 Å². The Morgan fingerprint density at radius 1 is 1.24 bits per heavy atom. The van der Waals surface area contributed by atoms with E-state index >= 15 is 0 Å². The van der Waals surface area contributed by atoms with E-state index in [0.717, 1.165) is 0 Å². The molecule has 1 aromatic heterocycles. The fourth-order valence-electron chi connectivity index (χ4n) is 2.46. The molecule has 1 N–H and O–H groups in total. The molecule has 1 amide bonds. The molecule has 2 aromatic carbocycles. The third kappa shape index (κ3) is 5.85. The second kappa shape index (κ2) is 9.96. The number of amides is 1. The molecule has 0 aliphatic rings. The van der Waals surface area contributed by atoms with Crippen LogP contribution in [0.25, 0.3) is 0 Å². The first-order valence-electron chi connectivity index (χ1n) is 8.64. The molecule has 0 saturated carbocycles. The number of aromatic nitrogens is 3. The Kier molecular flexibility index (Phi) is 7.35. The van der Waals surface area contributed by atoms with Gasteiger partial charge in [0.05, 0.1) is 10.8 Å². The lowest BCUT2D eigenvalue weighted by Gasteiger charge is -2.09. The molecule has 0 aliphatic carbocycles. The lowest BCUT2D eigenvalue weighted by Crippen LogP contribution is -2.15. The van der Waals surface area contributed by atoms with Gasteiger partial charge in [0.2, 0.25) is 5.91 Å². The Balaban J connectivity index is 1.58. The van der Waals surface area contributed by atoms with Crippen molar-refractivity contribution in [2.75, 3.05) is 11.1 Å². The van der Waals surface area contributed by atoms with E-state index in [2.05, 4.69) is 15.5 Å². The van der Waals surface area contributed by atoms with Gasteiger partial charge >= 0.3 is 0 Å². The van der Waals surface area contributed by atoms with Gasteiger partial charge in [0, 0.05) is 23.3 Å². The van der Waals surface area contributed by atoms with E-state index in [1.807, 2.05) is 11.5 Å². The van der Waals surface area contributed by atoms with Gasteiger partial charge in [-0.1, -0.05) is 41.0 Å². The molecule has 0 radical (unpaired) electrons. The minimum absolute atomic E-state index is 0.0126. The summed E-state index contributed by atoms with van der Waals surface area (Å²) in [6.07, 6.45) is 0. The van der Waals surface area contributed by atoms with Gasteiger partial charge in [-0.25, -0.2) is 4.39 Å². The molecule has 29 heavy (non-hydrogen) atoms. The van der Waals surface area contributed by atoms with Crippen molar-refractivity contribution in [3.8, 4) is 5.75 Å². The number of nitrogens with zero attached hydrogens (tertiary/aromatic N) is 3. The highest BCUT2D eigenvalue weighted by molar-refractivity contribution is 7.99. The highest BCUT2D eigenvalue weighted by Crippen LogP contribution is 2.23. The van der Waals surface area contributed by atoms with Gasteiger partial charge in [0.15, 0.2) is 11.0 Å². The van der Waals surface area contributed by atoms with Crippen molar-refractivity contribution in [1.29, 1.82) is 0 Å². The topological polar surface area (TPSA) is 69.0 Å². The van der Waals surface area contributed by atoms with Crippen LogP contribution in [-0.4, -0.2) is 26.4 Å². The molecule has 0 fully saturated rings. The lowest BCUT2D eigenvalue weighted by molar-refractivity contribution is -0.113. The third-order valence-electron chi connectivity index (χ3n) is 3.81. The van der Waals surface area contributed by atoms with Crippen LogP contribution in [0, 0.1) is 5.82 Å².